The van der Waals surface area contributed by atoms with Gasteiger partial charge in [0.25, 0.3) is 0 Å². The molecule has 0 bridgehead atoms. The molecule has 112 valence electrons. The quantitative estimate of drug-likeness (QED) is 0.628. The van der Waals surface area contributed by atoms with Gasteiger partial charge in [0.05, 0.1) is 24.1 Å². The first-order chi connectivity index (χ1) is 10.5. The van der Waals surface area contributed by atoms with Crippen molar-refractivity contribution < 1.29 is 9.53 Å². The minimum Gasteiger partial charge on any atom is -0.457 e. The van der Waals surface area contributed by atoms with Gasteiger partial charge in [0.15, 0.2) is 0 Å². The molecule has 0 atom stereocenters. The molecule has 2 aromatic rings. The molecule has 0 amide bonds. The fourth-order valence-corrected chi connectivity index (χ4v) is 2.09. The van der Waals surface area contributed by atoms with Crippen molar-refractivity contribution in [2.75, 3.05) is 14.1 Å². The molecule has 2 rings (SSSR count). The molecule has 0 unspecified atom stereocenters. The van der Waals surface area contributed by atoms with Gasteiger partial charge in [-0.3, -0.25) is 4.79 Å². The van der Waals surface area contributed by atoms with E-state index < -0.39 is 0 Å². The predicted molar refractivity (Wildman–Crippen MR) is 86.8 cm³/mol. The average Bonchev–Trinajstić information content (AvgIpc) is 2.49. The molecule has 0 aliphatic carbocycles. The highest BCUT2D eigenvalue weighted by Gasteiger charge is 2.12. The molecule has 0 aliphatic rings. The van der Waals surface area contributed by atoms with Gasteiger partial charge in [-0.2, -0.15) is 5.26 Å². The van der Waals surface area contributed by atoms with E-state index in [0.717, 1.165) is 16.9 Å². The number of carbonyl (C=O) groups excluding carboxylic acids is 1. The van der Waals surface area contributed by atoms with Crippen molar-refractivity contribution in [1.29, 1.82) is 5.26 Å². The highest BCUT2D eigenvalue weighted by molar-refractivity contribution is 5.95. The highest BCUT2D eigenvalue weighted by atomic mass is 16.5. The van der Waals surface area contributed by atoms with Crippen LogP contribution >= 0.6 is 0 Å². The number of nitrogens with zero attached hydrogens (tertiary/aromatic N) is 2. The Bertz CT molecular complexity index is 713. The van der Waals surface area contributed by atoms with Crippen LogP contribution in [0.3, 0.4) is 0 Å². The summed E-state index contributed by atoms with van der Waals surface area (Å²) in [6, 6.07) is 14.7. The molecular formula is C18H19N2O2+. The van der Waals surface area contributed by atoms with Crippen LogP contribution in [0, 0.1) is 11.3 Å². The van der Waals surface area contributed by atoms with Crippen molar-refractivity contribution in [3.05, 3.63) is 59.2 Å². The molecule has 0 aromatic heterocycles. The summed E-state index contributed by atoms with van der Waals surface area (Å²) in [5, 5.41) is 8.82. The van der Waals surface area contributed by atoms with Gasteiger partial charge in [0.1, 0.15) is 11.5 Å². The first-order valence-electron chi connectivity index (χ1n) is 6.98. The largest absolute Gasteiger partial charge is 0.457 e. The lowest BCUT2D eigenvalue weighted by atomic mass is 10.1. The topological polar surface area (TPSA) is 57.7 Å². The third kappa shape index (κ3) is 3.94. The number of benzene rings is 2. The Morgan fingerprint density at radius 2 is 1.86 bits per heavy atom. The van der Waals surface area contributed by atoms with Gasteiger partial charge in [-0.05, 0) is 56.6 Å². The van der Waals surface area contributed by atoms with Crippen molar-refractivity contribution in [1.82, 2.24) is 4.90 Å². The van der Waals surface area contributed by atoms with Crippen LogP contribution in [-0.2, 0) is 6.54 Å². The Hall–Kier alpha value is -2.64. The van der Waals surface area contributed by atoms with Crippen LogP contribution in [0.25, 0.3) is 0 Å². The summed E-state index contributed by atoms with van der Waals surface area (Å²) >= 11 is 0. The van der Waals surface area contributed by atoms with Crippen LogP contribution in [0.15, 0.2) is 42.5 Å². The first kappa shape index (κ1) is 15.7. The van der Waals surface area contributed by atoms with Gasteiger partial charge in [-0.25, -0.2) is 0 Å². The molecule has 0 heterocycles. The zero-order valence-corrected chi connectivity index (χ0v) is 13.0. The summed E-state index contributed by atoms with van der Waals surface area (Å²) in [7, 11) is 3.96. The molecule has 0 radical (unpaired) electrons. The number of ether oxygens (including phenoxy) is 1. The number of rotatable bonds is 5. The summed E-state index contributed by atoms with van der Waals surface area (Å²) in [6.07, 6.45) is 0. The zero-order valence-electron chi connectivity index (χ0n) is 13.0. The summed E-state index contributed by atoms with van der Waals surface area (Å²) in [6.45, 7) is 2.36. The summed E-state index contributed by atoms with van der Waals surface area (Å²) in [5.41, 5.74) is 2.37. The minimum absolute atomic E-state index is 0.282. The van der Waals surface area contributed by atoms with E-state index in [1.165, 1.54) is 0 Å². The number of hydrogen-bond acceptors (Lipinski definition) is 3. The molecular weight excluding hydrogens is 276 g/mol. The van der Waals surface area contributed by atoms with Crippen molar-refractivity contribution in [2.24, 2.45) is 0 Å². The number of hydrogen-bond donors (Lipinski definition) is 0. The van der Waals surface area contributed by atoms with E-state index in [1.54, 1.807) is 31.2 Å². The Kier molecular flexibility index (Phi) is 4.92. The second-order valence-corrected chi connectivity index (χ2v) is 5.38. The number of nitriles is 1. The van der Waals surface area contributed by atoms with E-state index in [2.05, 4.69) is 6.07 Å². The monoisotopic (exact) mass is 295 g/mol. The average molecular weight is 295 g/mol. The van der Waals surface area contributed by atoms with E-state index in [1.807, 2.05) is 37.2 Å². The normalized spacial score (nSPS) is 10.3. The summed E-state index contributed by atoms with van der Waals surface area (Å²) in [5.74, 6) is 1.70. The zero-order chi connectivity index (χ0) is 16.1. The van der Waals surface area contributed by atoms with Gasteiger partial charge >= 0.3 is 5.78 Å². The molecule has 4 heteroatoms. The molecule has 0 saturated heterocycles. The highest BCUT2D eigenvalue weighted by Crippen LogP contribution is 2.27. The fraction of sp³-hybridized carbons (Fsp3) is 0.222. The molecule has 1 N–H and O–H groups in total. The van der Waals surface area contributed by atoms with Gasteiger partial charge in [-0.1, -0.05) is 0 Å². The number of ketones is 1. The van der Waals surface area contributed by atoms with Crippen LogP contribution in [0.5, 0.6) is 11.5 Å². The second-order valence-electron chi connectivity index (χ2n) is 5.38. The van der Waals surface area contributed by atoms with Crippen molar-refractivity contribution >= 4 is 5.78 Å². The minimum atomic E-state index is 0.282. The fourth-order valence-electron chi connectivity index (χ4n) is 2.09. The lowest BCUT2D eigenvalue weighted by Gasteiger charge is -2.15. The SMILES string of the molecule is CC(=[OH+])c1ccc(Oc2ccc(C#N)cc2)c(CN(C)C)c1. The lowest BCUT2D eigenvalue weighted by Crippen LogP contribution is -2.12. The maximum absolute atomic E-state index is 9.65. The van der Waals surface area contributed by atoms with Crippen LogP contribution in [0.4, 0.5) is 0 Å². The van der Waals surface area contributed by atoms with Crippen molar-refractivity contribution in [2.45, 2.75) is 13.5 Å². The third-order valence-electron chi connectivity index (χ3n) is 3.18. The molecule has 0 fully saturated rings. The Morgan fingerprint density at radius 3 is 2.41 bits per heavy atom. The molecule has 0 aliphatic heterocycles. The van der Waals surface area contributed by atoms with Gasteiger partial charge in [0, 0.05) is 12.1 Å². The Morgan fingerprint density at radius 1 is 1.18 bits per heavy atom. The van der Waals surface area contributed by atoms with Crippen LogP contribution in [0.1, 0.15) is 23.6 Å². The van der Waals surface area contributed by atoms with Gasteiger partial charge in [0.2, 0.25) is 0 Å². The maximum Gasteiger partial charge on any atom is 0.320 e. The van der Waals surface area contributed by atoms with Gasteiger partial charge in [-0.15, -0.1) is 0 Å². The van der Waals surface area contributed by atoms with Crippen LogP contribution in [0.2, 0.25) is 0 Å². The molecule has 0 saturated carbocycles. The molecule has 2 aromatic carbocycles. The van der Waals surface area contributed by atoms with Crippen LogP contribution < -0.4 is 4.74 Å². The Labute approximate surface area is 130 Å². The van der Waals surface area contributed by atoms with E-state index in [-0.39, 0.29) is 5.78 Å². The molecule has 22 heavy (non-hydrogen) atoms. The second kappa shape index (κ2) is 6.88. The van der Waals surface area contributed by atoms with Crippen molar-refractivity contribution in [3.63, 3.8) is 0 Å². The Balaban J connectivity index is 2.32. The molecule has 0 spiro atoms. The maximum atomic E-state index is 9.65. The van der Waals surface area contributed by atoms with E-state index >= 15 is 0 Å². The third-order valence-corrected chi connectivity index (χ3v) is 3.18. The van der Waals surface area contributed by atoms with E-state index in [0.29, 0.717) is 17.9 Å². The van der Waals surface area contributed by atoms with Crippen LogP contribution in [-0.4, -0.2) is 29.6 Å². The molecule has 4 nitrogen and oxygen atoms in total. The lowest BCUT2D eigenvalue weighted by molar-refractivity contribution is 0.388. The first-order valence-corrected chi connectivity index (χ1v) is 6.98. The standard InChI is InChI=1S/C18H18N2O2/c1-13(21)15-6-9-18(16(10-15)12-20(2)3)22-17-7-4-14(11-19)5-8-17/h4-10H,12H2,1-3H3/p+1. The van der Waals surface area contributed by atoms with E-state index in [9.17, 15) is 4.79 Å². The summed E-state index contributed by atoms with van der Waals surface area (Å²) < 4.78 is 5.92. The predicted octanol–water partition coefficient (Wildman–Crippen LogP) is 3.33. The smallest absolute Gasteiger partial charge is 0.320 e. The van der Waals surface area contributed by atoms with Crippen molar-refractivity contribution in [3.8, 4) is 17.6 Å². The van der Waals surface area contributed by atoms with E-state index in [4.69, 9.17) is 10.00 Å². The van der Waals surface area contributed by atoms with Gasteiger partial charge < -0.3 is 9.64 Å². The summed E-state index contributed by atoms with van der Waals surface area (Å²) in [4.78, 5) is 11.7.